The van der Waals surface area contributed by atoms with Crippen LogP contribution in [0.5, 0.6) is 0 Å². The summed E-state index contributed by atoms with van der Waals surface area (Å²) in [4.78, 5) is 0. The molecule has 4 fully saturated rings. The van der Waals surface area contributed by atoms with E-state index in [1.165, 1.54) is 36.5 Å². The maximum atomic E-state index is 13.3. The molecule has 4 atom stereocenters. The third-order valence-corrected chi connectivity index (χ3v) is 12.1. The maximum absolute atomic E-state index is 13.3. The van der Waals surface area contributed by atoms with Crippen molar-refractivity contribution in [1.82, 2.24) is 0 Å². The molecule has 0 aliphatic heterocycles. The number of hydrogen-bond donors (Lipinski definition) is 8. The summed E-state index contributed by atoms with van der Waals surface area (Å²) >= 11 is 0. The molecule has 0 aromatic carbocycles. The summed E-state index contributed by atoms with van der Waals surface area (Å²) in [6.45, 7) is 0. The minimum Gasteiger partial charge on any atom is -0.512 e. The van der Waals surface area contributed by atoms with Crippen LogP contribution in [0.2, 0.25) is 0 Å². The second-order valence-corrected chi connectivity index (χ2v) is 14.2. The lowest BCUT2D eigenvalue weighted by Crippen LogP contribution is -2.87. The van der Waals surface area contributed by atoms with Gasteiger partial charge in [0.05, 0.1) is 39.7 Å². The Bertz CT molecular complexity index is 1340. The predicted octanol–water partition coefficient (Wildman–Crippen LogP) is 4.70. The molecule has 4 unspecified atom stereocenters. The Hall–Kier alpha value is -3.04. The minimum absolute atomic E-state index is 0.00203. The molecule has 0 radical (unpaired) electrons. The number of aliphatic hydroxyl groups is 8. The monoisotopic (exact) mass is 576 g/mol. The highest BCUT2D eigenvalue weighted by molar-refractivity contribution is 5.48. The van der Waals surface area contributed by atoms with Crippen LogP contribution in [0.4, 0.5) is 0 Å². The van der Waals surface area contributed by atoms with Crippen LogP contribution in [0.1, 0.15) is 57.8 Å². The minimum atomic E-state index is -2.05. The molecule has 0 amide bonds. The van der Waals surface area contributed by atoms with Crippen molar-refractivity contribution in [1.29, 1.82) is 0 Å². The molecule has 8 aliphatic carbocycles. The van der Waals surface area contributed by atoms with Crippen LogP contribution in [0.15, 0.2) is 95.9 Å². The first-order chi connectivity index (χ1) is 19.8. The molecular formula is C34H40O8. The van der Waals surface area contributed by atoms with Crippen molar-refractivity contribution < 1.29 is 40.9 Å². The largest absolute Gasteiger partial charge is 0.512 e. The summed E-state index contributed by atoms with van der Waals surface area (Å²) in [7, 11) is 0. The van der Waals surface area contributed by atoms with Gasteiger partial charge in [0.1, 0.15) is 11.2 Å². The zero-order valence-electron chi connectivity index (χ0n) is 23.5. The normalized spacial score (nSPS) is 50.8. The quantitative estimate of drug-likeness (QED) is 0.239. The Morgan fingerprint density at radius 2 is 0.738 bits per heavy atom. The molecule has 0 aromatic heterocycles. The van der Waals surface area contributed by atoms with E-state index in [2.05, 4.69) is 0 Å². The van der Waals surface area contributed by atoms with Crippen molar-refractivity contribution in [2.24, 2.45) is 28.1 Å². The van der Waals surface area contributed by atoms with Crippen LogP contribution >= 0.6 is 0 Å². The van der Waals surface area contributed by atoms with E-state index >= 15 is 0 Å². The van der Waals surface area contributed by atoms with Crippen LogP contribution in [-0.2, 0) is 0 Å². The van der Waals surface area contributed by atoms with Crippen molar-refractivity contribution in [2.45, 2.75) is 80.2 Å². The molecule has 8 rings (SSSR count). The molecule has 8 nitrogen and oxygen atoms in total. The van der Waals surface area contributed by atoms with Gasteiger partial charge in [0.15, 0.2) is 0 Å². The van der Waals surface area contributed by atoms with Crippen molar-refractivity contribution in [3.05, 3.63) is 95.9 Å². The van der Waals surface area contributed by atoms with Crippen LogP contribution in [0.25, 0.3) is 0 Å². The molecule has 0 spiro atoms. The Kier molecular flexibility index (Phi) is 5.64. The summed E-state index contributed by atoms with van der Waals surface area (Å²) in [6.07, 6.45) is 20.0. The van der Waals surface area contributed by atoms with Gasteiger partial charge in [-0.2, -0.15) is 0 Å². The van der Waals surface area contributed by atoms with E-state index in [1.54, 1.807) is 36.5 Å². The fraction of sp³-hybridized carbons (Fsp3) is 0.529. The first kappa shape index (κ1) is 27.8. The van der Waals surface area contributed by atoms with E-state index in [0.29, 0.717) is 25.7 Å². The van der Waals surface area contributed by atoms with Crippen molar-refractivity contribution in [2.75, 3.05) is 0 Å². The van der Waals surface area contributed by atoms with Gasteiger partial charge in [-0.05, 0) is 68.2 Å². The van der Waals surface area contributed by atoms with Crippen LogP contribution in [0.3, 0.4) is 0 Å². The van der Waals surface area contributed by atoms with Gasteiger partial charge >= 0.3 is 0 Å². The fourth-order valence-corrected chi connectivity index (χ4v) is 11.6. The molecule has 0 heterocycles. The summed E-state index contributed by atoms with van der Waals surface area (Å²) in [5.74, 6) is -0.324. The van der Waals surface area contributed by atoms with E-state index in [4.69, 9.17) is 0 Å². The topological polar surface area (TPSA) is 162 Å². The first-order valence-corrected chi connectivity index (χ1v) is 15.0. The van der Waals surface area contributed by atoms with Gasteiger partial charge in [-0.1, -0.05) is 48.6 Å². The van der Waals surface area contributed by atoms with Gasteiger partial charge in [0, 0.05) is 36.5 Å². The lowest BCUT2D eigenvalue weighted by Gasteiger charge is -2.83. The van der Waals surface area contributed by atoms with E-state index in [0.717, 1.165) is 6.42 Å². The Morgan fingerprint density at radius 1 is 0.452 bits per heavy atom. The molecule has 8 aliphatic rings. The molecular weight excluding hydrogens is 536 g/mol. The Balaban J connectivity index is 1.64. The van der Waals surface area contributed by atoms with Crippen LogP contribution in [-0.4, -0.2) is 63.3 Å². The van der Waals surface area contributed by atoms with Crippen molar-refractivity contribution >= 4 is 0 Å². The van der Waals surface area contributed by atoms with Crippen LogP contribution in [0, 0.1) is 28.1 Å². The maximum Gasteiger partial charge on any atom is 0.100 e. The number of allylic oxidation sites excluding steroid dienone is 8. The van der Waals surface area contributed by atoms with Gasteiger partial charge in [0.2, 0.25) is 0 Å². The van der Waals surface area contributed by atoms with E-state index < -0.39 is 38.6 Å². The summed E-state index contributed by atoms with van der Waals surface area (Å²) in [6, 6.07) is 0. The summed E-state index contributed by atoms with van der Waals surface area (Å²) < 4.78 is 0. The smallest absolute Gasteiger partial charge is 0.100 e. The summed E-state index contributed by atoms with van der Waals surface area (Å²) in [5.41, 5.74) is -12.2. The van der Waals surface area contributed by atoms with Crippen molar-refractivity contribution in [3.8, 4) is 0 Å². The molecule has 8 heteroatoms. The second kappa shape index (κ2) is 8.53. The average Bonchev–Trinajstić information content (AvgIpc) is 2.87. The van der Waals surface area contributed by atoms with Crippen LogP contribution < -0.4 is 0 Å². The van der Waals surface area contributed by atoms with E-state index in [1.807, 2.05) is 0 Å². The number of aliphatic hydroxyl groups excluding tert-OH is 4. The Labute approximate surface area is 245 Å². The molecule has 42 heavy (non-hydrogen) atoms. The highest BCUT2D eigenvalue weighted by Gasteiger charge is 2.88. The lowest BCUT2D eigenvalue weighted by atomic mass is 9.21. The standard InChI is InChI=1S/C34H40O8/c35-24-5-1-9-30(39,18-24)28-14-22-13-23(15-28)17-29(16-22,31(40)10-2-6-25(36)19-31)34(28,32(41)11-3-7-26(37)20-32)33(42)12-4-8-27(38)21-33/h1-12,22-23,35-42H,13-21H2. The predicted molar refractivity (Wildman–Crippen MR) is 155 cm³/mol. The van der Waals surface area contributed by atoms with Gasteiger partial charge in [-0.15, -0.1) is 0 Å². The van der Waals surface area contributed by atoms with Gasteiger partial charge in [-0.3, -0.25) is 0 Å². The highest BCUT2D eigenvalue weighted by Crippen LogP contribution is 2.85. The third kappa shape index (κ3) is 3.16. The molecule has 8 N–H and O–H groups in total. The average molecular weight is 577 g/mol. The van der Waals surface area contributed by atoms with Crippen molar-refractivity contribution in [3.63, 3.8) is 0 Å². The fourth-order valence-electron chi connectivity index (χ4n) is 11.6. The lowest BCUT2D eigenvalue weighted by molar-refractivity contribution is -0.402. The summed E-state index contributed by atoms with van der Waals surface area (Å²) in [5, 5.41) is 96.1. The van der Waals surface area contributed by atoms with E-state index in [9.17, 15) is 40.9 Å². The zero-order valence-corrected chi connectivity index (χ0v) is 23.5. The zero-order chi connectivity index (χ0) is 29.8. The molecule has 4 saturated carbocycles. The van der Waals surface area contributed by atoms with E-state index in [-0.39, 0.29) is 60.6 Å². The van der Waals surface area contributed by atoms with Gasteiger partial charge in [0.25, 0.3) is 0 Å². The van der Waals surface area contributed by atoms with Gasteiger partial charge in [-0.25, -0.2) is 0 Å². The number of hydrogen-bond acceptors (Lipinski definition) is 8. The molecule has 0 saturated heterocycles. The first-order valence-electron chi connectivity index (χ1n) is 15.0. The second-order valence-electron chi connectivity index (χ2n) is 14.2. The van der Waals surface area contributed by atoms with Gasteiger partial charge < -0.3 is 40.9 Å². The number of rotatable bonds is 4. The Morgan fingerprint density at radius 3 is 1.05 bits per heavy atom. The molecule has 224 valence electrons. The molecule has 0 aromatic rings. The SMILES string of the molecule is OC1=CC=CC(O)(C23CC4CC(C2)CC(C2(O)C=CC=C(O)C2)(C4)C3(C2(O)C=CC=C(O)C2)C2(O)C=CC=C(O)C2)C1. The molecule has 4 bridgehead atoms. The third-order valence-electron chi connectivity index (χ3n) is 12.1. The highest BCUT2D eigenvalue weighted by atomic mass is 16.3.